The summed E-state index contributed by atoms with van der Waals surface area (Å²) in [5, 5.41) is 10.6. The number of pyridine rings is 3. The van der Waals surface area contributed by atoms with Gasteiger partial charge in [-0.15, -0.1) is 0 Å². The van der Waals surface area contributed by atoms with Crippen LogP contribution < -0.4 is 19.9 Å². The number of carboxylic acids is 1. The Labute approximate surface area is 257 Å². The van der Waals surface area contributed by atoms with Crippen LogP contribution in [0.5, 0.6) is 11.5 Å². The SMILES string of the molecule is CCCCN(CN1CCN(Cc2cc(OC)c(-c3cn(C)c(=O)c4cnccc34)cc2OC)CC1)c1ccc(C(=O)O)nc1. The van der Waals surface area contributed by atoms with Gasteiger partial charge in [-0.05, 0) is 42.1 Å². The predicted octanol–water partition coefficient (Wildman–Crippen LogP) is 4.09. The van der Waals surface area contributed by atoms with Gasteiger partial charge in [-0.1, -0.05) is 13.3 Å². The third kappa shape index (κ3) is 6.68. The van der Waals surface area contributed by atoms with Crippen molar-refractivity contribution in [3.63, 3.8) is 0 Å². The number of aromatic carboxylic acids is 1. The van der Waals surface area contributed by atoms with Crippen LogP contribution in [0.15, 0.2) is 59.9 Å². The van der Waals surface area contributed by atoms with Crippen LogP contribution in [0.25, 0.3) is 21.9 Å². The number of hydrogen-bond acceptors (Lipinski definition) is 9. The van der Waals surface area contributed by atoms with Crippen molar-refractivity contribution in [2.24, 2.45) is 7.05 Å². The molecule has 0 bridgehead atoms. The number of nitrogens with zero attached hydrogens (tertiary/aromatic N) is 6. The second kappa shape index (κ2) is 13.9. The van der Waals surface area contributed by atoms with Gasteiger partial charge >= 0.3 is 5.97 Å². The molecule has 0 saturated carbocycles. The van der Waals surface area contributed by atoms with Crippen LogP contribution in [0.4, 0.5) is 5.69 Å². The number of aromatic nitrogens is 3. The fourth-order valence-corrected chi connectivity index (χ4v) is 5.72. The third-order valence-corrected chi connectivity index (χ3v) is 8.22. The topological polar surface area (TPSA) is 113 Å². The molecule has 4 heterocycles. The van der Waals surface area contributed by atoms with Gasteiger partial charge < -0.3 is 24.0 Å². The van der Waals surface area contributed by atoms with Crippen LogP contribution in [0.3, 0.4) is 0 Å². The van der Waals surface area contributed by atoms with E-state index in [-0.39, 0.29) is 11.3 Å². The Morgan fingerprint density at radius 1 is 0.977 bits per heavy atom. The molecule has 1 aliphatic heterocycles. The lowest BCUT2D eigenvalue weighted by atomic mass is 9.98. The van der Waals surface area contributed by atoms with Crippen molar-refractivity contribution in [1.29, 1.82) is 0 Å². The van der Waals surface area contributed by atoms with Crippen LogP contribution in [-0.2, 0) is 13.6 Å². The average Bonchev–Trinajstić information content (AvgIpc) is 3.05. The minimum Gasteiger partial charge on any atom is -0.496 e. The number of rotatable bonds is 12. The van der Waals surface area contributed by atoms with Gasteiger partial charge in [0, 0.05) is 81.6 Å². The number of unbranched alkanes of at least 4 members (excludes halogenated alkanes) is 1. The Morgan fingerprint density at radius 3 is 2.39 bits per heavy atom. The van der Waals surface area contributed by atoms with Gasteiger partial charge in [0.2, 0.25) is 0 Å². The van der Waals surface area contributed by atoms with Crippen molar-refractivity contribution in [2.75, 3.05) is 58.5 Å². The highest BCUT2D eigenvalue weighted by Gasteiger charge is 2.23. The zero-order chi connectivity index (χ0) is 31.2. The number of carboxylic acid groups (broad SMARTS) is 1. The highest BCUT2D eigenvalue weighted by molar-refractivity contribution is 5.97. The lowest BCUT2D eigenvalue weighted by Gasteiger charge is -2.38. The van der Waals surface area contributed by atoms with Crippen molar-refractivity contribution in [3.05, 3.63) is 76.7 Å². The Kier molecular flexibility index (Phi) is 9.76. The summed E-state index contributed by atoms with van der Waals surface area (Å²) >= 11 is 0. The van der Waals surface area contributed by atoms with E-state index in [2.05, 4.69) is 31.6 Å². The summed E-state index contributed by atoms with van der Waals surface area (Å²) in [4.78, 5) is 39.4. The van der Waals surface area contributed by atoms with Crippen molar-refractivity contribution in [2.45, 2.75) is 26.3 Å². The first-order chi connectivity index (χ1) is 21.3. The molecule has 232 valence electrons. The Morgan fingerprint density at radius 2 is 1.73 bits per heavy atom. The van der Waals surface area contributed by atoms with Crippen molar-refractivity contribution >= 4 is 22.4 Å². The molecule has 11 nitrogen and oxygen atoms in total. The molecule has 0 unspecified atom stereocenters. The highest BCUT2D eigenvalue weighted by Crippen LogP contribution is 2.39. The maximum atomic E-state index is 12.7. The Balaban J connectivity index is 1.30. The number of methoxy groups -OCH3 is 2. The van der Waals surface area contributed by atoms with Gasteiger partial charge in [-0.2, -0.15) is 0 Å². The van der Waals surface area contributed by atoms with Crippen LogP contribution in [-0.4, -0.2) is 89.0 Å². The minimum absolute atomic E-state index is 0.0536. The van der Waals surface area contributed by atoms with Crippen LogP contribution in [0.2, 0.25) is 0 Å². The van der Waals surface area contributed by atoms with Gasteiger partial charge in [0.15, 0.2) is 0 Å². The largest absolute Gasteiger partial charge is 0.496 e. The molecule has 0 radical (unpaired) electrons. The molecule has 5 rings (SSSR count). The molecular formula is C33H40N6O5. The first-order valence-corrected chi connectivity index (χ1v) is 14.9. The number of anilines is 1. The van der Waals surface area contributed by atoms with Gasteiger partial charge in [-0.25, -0.2) is 9.78 Å². The Hall–Kier alpha value is -4.48. The normalized spacial score (nSPS) is 14.1. The van der Waals surface area contributed by atoms with Gasteiger partial charge in [0.05, 0.1) is 38.2 Å². The van der Waals surface area contributed by atoms with E-state index < -0.39 is 5.97 Å². The molecule has 1 aliphatic rings. The van der Waals surface area contributed by atoms with Crippen molar-refractivity contribution in [1.82, 2.24) is 24.3 Å². The van der Waals surface area contributed by atoms with Crippen molar-refractivity contribution < 1.29 is 19.4 Å². The number of benzene rings is 1. The monoisotopic (exact) mass is 600 g/mol. The molecule has 1 N–H and O–H groups in total. The maximum Gasteiger partial charge on any atom is 0.354 e. The van der Waals surface area contributed by atoms with E-state index in [4.69, 9.17) is 9.47 Å². The third-order valence-electron chi connectivity index (χ3n) is 8.22. The van der Waals surface area contributed by atoms with E-state index in [9.17, 15) is 14.7 Å². The lowest BCUT2D eigenvalue weighted by molar-refractivity contribution is 0.0690. The lowest BCUT2D eigenvalue weighted by Crippen LogP contribution is -2.50. The summed E-state index contributed by atoms with van der Waals surface area (Å²) in [5.41, 5.74) is 3.65. The molecule has 0 spiro atoms. The zero-order valence-corrected chi connectivity index (χ0v) is 25.8. The number of aryl methyl sites for hydroxylation is 1. The molecule has 3 aromatic heterocycles. The minimum atomic E-state index is -1.02. The van der Waals surface area contributed by atoms with Gasteiger partial charge in [-0.3, -0.25) is 19.6 Å². The molecule has 1 aromatic carbocycles. The van der Waals surface area contributed by atoms with E-state index >= 15 is 0 Å². The molecule has 4 aromatic rings. The average molecular weight is 601 g/mol. The molecule has 0 aliphatic carbocycles. The second-order valence-corrected chi connectivity index (χ2v) is 11.1. The number of fused-ring (bicyclic) bond motifs is 1. The van der Waals surface area contributed by atoms with Gasteiger partial charge in [0.1, 0.15) is 17.2 Å². The smallest absolute Gasteiger partial charge is 0.354 e. The maximum absolute atomic E-state index is 12.7. The second-order valence-electron chi connectivity index (χ2n) is 11.1. The zero-order valence-electron chi connectivity index (χ0n) is 25.8. The molecule has 0 atom stereocenters. The predicted molar refractivity (Wildman–Crippen MR) is 171 cm³/mol. The number of ether oxygens (including phenoxy) is 2. The molecule has 1 fully saturated rings. The summed E-state index contributed by atoms with van der Waals surface area (Å²) in [6.45, 7) is 8.11. The fraction of sp³-hybridized carbons (Fsp3) is 0.394. The molecule has 44 heavy (non-hydrogen) atoms. The summed E-state index contributed by atoms with van der Waals surface area (Å²) in [6, 6.07) is 9.31. The van der Waals surface area contributed by atoms with Crippen LogP contribution in [0, 0.1) is 0 Å². The molecule has 1 saturated heterocycles. The number of piperazine rings is 1. The molecule has 11 heteroatoms. The standard InChI is InChI=1S/C33H40N6O5/c1-5-6-11-39(24-7-8-29(33(41)42)35-18-24)22-38-14-12-37(13-15-38)20-23-16-31(44-4)26(17-30(23)43-3)28-21-36(2)32(40)27-19-34-10-9-25(27)28/h7-10,16-19,21H,5-6,11-15,20,22H2,1-4H3,(H,41,42). The van der Waals surface area contributed by atoms with E-state index in [1.54, 1.807) is 50.5 Å². The number of hydrogen-bond donors (Lipinski definition) is 1. The summed E-state index contributed by atoms with van der Waals surface area (Å²) in [7, 11) is 5.08. The Bertz CT molecular complexity index is 1660. The summed E-state index contributed by atoms with van der Waals surface area (Å²) in [5.74, 6) is 0.461. The van der Waals surface area contributed by atoms with Crippen LogP contribution >= 0.6 is 0 Å². The molecular weight excluding hydrogens is 560 g/mol. The van der Waals surface area contributed by atoms with E-state index in [1.165, 1.54) is 0 Å². The number of carbonyl (C=O) groups is 1. The fourth-order valence-electron chi connectivity index (χ4n) is 5.72. The summed E-state index contributed by atoms with van der Waals surface area (Å²) in [6.07, 6.45) is 8.91. The van der Waals surface area contributed by atoms with Gasteiger partial charge in [0.25, 0.3) is 5.56 Å². The van der Waals surface area contributed by atoms with E-state index in [0.29, 0.717) is 17.7 Å². The molecule has 0 amide bonds. The quantitative estimate of drug-likeness (QED) is 0.255. The van der Waals surface area contributed by atoms with E-state index in [1.807, 2.05) is 30.5 Å². The first-order valence-electron chi connectivity index (χ1n) is 14.9. The summed E-state index contributed by atoms with van der Waals surface area (Å²) < 4.78 is 13.3. The van der Waals surface area contributed by atoms with Crippen molar-refractivity contribution in [3.8, 4) is 22.6 Å². The van der Waals surface area contributed by atoms with E-state index in [0.717, 1.165) is 85.7 Å². The van der Waals surface area contributed by atoms with Crippen LogP contribution in [0.1, 0.15) is 35.8 Å². The highest BCUT2D eigenvalue weighted by atomic mass is 16.5. The first kappa shape index (κ1) is 31.0.